The van der Waals surface area contributed by atoms with Gasteiger partial charge >= 0.3 is 0 Å². The first kappa shape index (κ1) is 26.0. The van der Waals surface area contributed by atoms with Gasteiger partial charge in [0.1, 0.15) is 6.04 Å². The van der Waals surface area contributed by atoms with Crippen LogP contribution in [0.4, 0.5) is 5.69 Å². The number of fused-ring (bicyclic) bond motifs is 2. The minimum Gasteiger partial charge on any atom is -0.396 e. The summed E-state index contributed by atoms with van der Waals surface area (Å²) in [6.45, 7) is 7.39. The number of rotatable bonds is 7. The zero-order valence-electron chi connectivity index (χ0n) is 21.9. The van der Waals surface area contributed by atoms with Crippen LogP contribution in [0.3, 0.4) is 0 Å². The van der Waals surface area contributed by atoms with Crippen LogP contribution < -0.4 is 4.90 Å². The van der Waals surface area contributed by atoms with Gasteiger partial charge in [-0.1, -0.05) is 55.8 Å². The zero-order chi connectivity index (χ0) is 26.4. The number of carbonyl (C=O) groups excluding carboxylic acids is 3. The molecule has 2 unspecified atom stereocenters. The van der Waals surface area contributed by atoms with Gasteiger partial charge in [0.25, 0.3) is 0 Å². The van der Waals surface area contributed by atoms with E-state index in [0.29, 0.717) is 26.1 Å². The molecule has 4 aliphatic heterocycles. The average molecular weight is 524 g/mol. The third-order valence-electron chi connectivity index (χ3n) is 8.45. The highest BCUT2D eigenvalue weighted by Crippen LogP contribution is 2.65. The van der Waals surface area contributed by atoms with Gasteiger partial charge in [-0.25, -0.2) is 0 Å². The summed E-state index contributed by atoms with van der Waals surface area (Å²) < 4.78 is -1.47. The molecule has 0 radical (unpaired) electrons. The summed E-state index contributed by atoms with van der Waals surface area (Å²) >= 11 is 1.60. The minimum atomic E-state index is -0.844. The van der Waals surface area contributed by atoms with Gasteiger partial charge in [0.15, 0.2) is 0 Å². The van der Waals surface area contributed by atoms with Gasteiger partial charge in [0.05, 0.1) is 16.6 Å². The number of benzene rings is 1. The Morgan fingerprint density at radius 1 is 1.03 bits per heavy atom. The maximum absolute atomic E-state index is 14.3. The van der Waals surface area contributed by atoms with Gasteiger partial charge in [-0.15, -0.1) is 11.8 Å². The molecule has 4 heterocycles. The Hall–Kier alpha value is -2.58. The van der Waals surface area contributed by atoms with Gasteiger partial charge in [0.2, 0.25) is 17.7 Å². The van der Waals surface area contributed by atoms with Crippen molar-refractivity contribution in [3.8, 4) is 0 Å². The molecular formula is C29H37N3O4S. The normalized spacial score (nSPS) is 33.8. The fraction of sp³-hybridized carbons (Fsp3) is 0.552. The van der Waals surface area contributed by atoms with Gasteiger partial charge < -0.3 is 19.8 Å². The third-order valence-corrected chi connectivity index (χ3v) is 10.2. The Kier molecular flexibility index (Phi) is 7.00. The summed E-state index contributed by atoms with van der Waals surface area (Å²) in [4.78, 5) is 48.1. The highest BCUT2D eigenvalue weighted by atomic mass is 32.2. The van der Waals surface area contributed by atoms with Crippen molar-refractivity contribution in [1.29, 1.82) is 0 Å². The molecule has 0 bridgehead atoms. The molecule has 6 atom stereocenters. The molecular weight excluding hydrogens is 486 g/mol. The number of anilines is 1. The third kappa shape index (κ3) is 4.04. The van der Waals surface area contributed by atoms with E-state index in [1.165, 1.54) is 0 Å². The first-order chi connectivity index (χ1) is 17.8. The van der Waals surface area contributed by atoms with Crippen LogP contribution in [0.15, 0.2) is 54.6 Å². The number of likely N-dealkylation sites (tertiary alicyclic amines) is 1. The summed E-state index contributed by atoms with van der Waals surface area (Å²) in [7, 11) is 0. The molecule has 37 heavy (non-hydrogen) atoms. The van der Waals surface area contributed by atoms with E-state index in [1.54, 1.807) is 21.6 Å². The Labute approximate surface area is 223 Å². The quantitative estimate of drug-likeness (QED) is 0.555. The predicted octanol–water partition coefficient (Wildman–Crippen LogP) is 3.25. The molecule has 2 saturated heterocycles. The summed E-state index contributed by atoms with van der Waals surface area (Å²) in [5.41, 5.74) is 0.804. The summed E-state index contributed by atoms with van der Waals surface area (Å²) in [5.74, 6) is -1.55. The number of hydrogen-bond acceptors (Lipinski definition) is 5. The second-order valence-electron chi connectivity index (χ2n) is 10.8. The van der Waals surface area contributed by atoms with E-state index in [1.807, 2.05) is 54.3 Å². The van der Waals surface area contributed by atoms with Crippen molar-refractivity contribution in [3.05, 3.63) is 54.6 Å². The minimum absolute atomic E-state index is 0.0497. The van der Waals surface area contributed by atoms with Crippen LogP contribution in [0.25, 0.3) is 0 Å². The summed E-state index contributed by atoms with van der Waals surface area (Å²) in [5, 5.41) is 9.59. The molecule has 1 aromatic rings. The Morgan fingerprint density at radius 2 is 1.76 bits per heavy atom. The van der Waals surface area contributed by atoms with Crippen LogP contribution in [0, 0.1) is 11.8 Å². The largest absolute Gasteiger partial charge is 0.396 e. The fourth-order valence-corrected chi connectivity index (χ4v) is 8.99. The smallest absolute Gasteiger partial charge is 0.247 e. The Morgan fingerprint density at radius 3 is 2.46 bits per heavy atom. The molecule has 5 rings (SSSR count). The second kappa shape index (κ2) is 9.95. The standard InChI is InChI=1S/C29H37N3O4S/c1-4-11-20(2)30-16-9-15-29-23(26(35)32(18-10-19-33)24(29)27(30)36)22-25(34)31(21-12-6-5-7-13-21)17-8-14-28(22,3)37-29/h5-9,12-15,20,22-24,33H,4,10-11,16-19H2,1-3H3/t20?,22-,23+,24?,28+,29+/m1/s1. The van der Waals surface area contributed by atoms with E-state index in [9.17, 15) is 19.5 Å². The molecule has 2 fully saturated rings. The lowest BCUT2D eigenvalue weighted by Crippen LogP contribution is -2.55. The molecule has 0 aromatic heterocycles. The van der Waals surface area contributed by atoms with Crippen LogP contribution in [-0.2, 0) is 14.4 Å². The van der Waals surface area contributed by atoms with Crippen molar-refractivity contribution in [2.75, 3.05) is 31.1 Å². The number of hydrogen-bond donors (Lipinski definition) is 1. The molecule has 0 aliphatic carbocycles. The maximum atomic E-state index is 14.3. The molecule has 8 heteroatoms. The van der Waals surface area contributed by atoms with Gasteiger partial charge in [-0.3, -0.25) is 14.4 Å². The van der Waals surface area contributed by atoms with Crippen molar-refractivity contribution in [3.63, 3.8) is 0 Å². The van der Waals surface area contributed by atoms with Crippen molar-refractivity contribution in [1.82, 2.24) is 9.80 Å². The maximum Gasteiger partial charge on any atom is 0.247 e. The Balaban J connectivity index is 1.61. The molecule has 4 aliphatic rings. The second-order valence-corrected chi connectivity index (χ2v) is 12.6. The van der Waals surface area contributed by atoms with E-state index in [0.717, 1.165) is 18.5 Å². The van der Waals surface area contributed by atoms with E-state index in [-0.39, 0.29) is 30.4 Å². The lowest BCUT2D eigenvalue weighted by Gasteiger charge is -2.38. The molecule has 198 valence electrons. The fourth-order valence-electron chi connectivity index (χ4n) is 6.83. The Bertz CT molecular complexity index is 1120. The molecule has 3 amide bonds. The molecule has 1 N–H and O–H groups in total. The number of amides is 3. The van der Waals surface area contributed by atoms with E-state index >= 15 is 0 Å². The lowest BCUT2D eigenvalue weighted by molar-refractivity contribution is -0.144. The van der Waals surface area contributed by atoms with Crippen LogP contribution in [0.5, 0.6) is 0 Å². The first-order valence-corrected chi connectivity index (χ1v) is 14.2. The van der Waals surface area contributed by atoms with E-state index < -0.39 is 27.4 Å². The topological polar surface area (TPSA) is 81.2 Å². The van der Waals surface area contributed by atoms with Gasteiger partial charge in [-0.2, -0.15) is 0 Å². The lowest BCUT2D eigenvalue weighted by atomic mass is 9.74. The van der Waals surface area contributed by atoms with Crippen molar-refractivity contribution in [2.24, 2.45) is 11.8 Å². The summed E-state index contributed by atoms with van der Waals surface area (Å²) in [6.07, 6.45) is 10.4. The molecule has 1 aromatic carbocycles. The number of carbonyl (C=O) groups is 3. The monoisotopic (exact) mass is 523 g/mol. The highest BCUT2D eigenvalue weighted by Gasteiger charge is 2.73. The van der Waals surface area contributed by atoms with Crippen molar-refractivity contribution >= 4 is 35.2 Å². The van der Waals surface area contributed by atoms with Crippen LogP contribution in [-0.4, -0.2) is 80.4 Å². The molecule has 7 nitrogen and oxygen atoms in total. The number of para-hydroxylation sites is 1. The number of aliphatic hydroxyl groups excluding tert-OH is 1. The van der Waals surface area contributed by atoms with E-state index in [2.05, 4.69) is 26.0 Å². The van der Waals surface area contributed by atoms with Crippen LogP contribution in [0.1, 0.15) is 40.0 Å². The zero-order valence-corrected chi connectivity index (χ0v) is 22.7. The van der Waals surface area contributed by atoms with Crippen molar-refractivity contribution < 1.29 is 19.5 Å². The van der Waals surface area contributed by atoms with Crippen LogP contribution in [0.2, 0.25) is 0 Å². The molecule has 1 spiro atoms. The van der Waals surface area contributed by atoms with Crippen LogP contribution >= 0.6 is 11.8 Å². The van der Waals surface area contributed by atoms with Gasteiger partial charge in [-0.05, 0) is 38.8 Å². The summed E-state index contributed by atoms with van der Waals surface area (Å²) in [6, 6.07) is 8.93. The SMILES string of the molecule is CCCC(C)N1CC=C[C@]23S[C@@]4(C)C=CCN(c5ccccc5)C(=O)[C@H]4[C@H]2C(=O)N(CCCO)C3C1=O. The highest BCUT2D eigenvalue weighted by molar-refractivity contribution is 8.02. The predicted molar refractivity (Wildman–Crippen MR) is 146 cm³/mol. The average Bonchev–Trinajstić information content (AvgIpc) is 3.14. The number of aliphatic hydroxyl groups is 1. The van der Waals surface area contributed by atoms with E-state index in [4.69, 9.17) is 0 Å². The van der Waals surface area contributed by atoms with Gasteiger partial charge in [0, 0.05) is 42.7 Å². The first-order valence-electron chi connectivity index (χ1n) is 13.4. The molecule has 0 saturated carbocycles. The number of nitrogens with zero attached hydrogens (tertiary/aromatic N) is 3. The number of thioether (sulfide) groups is 1. The van der Waals surface area contributed by atoms with Crippen molar-refractivity contribution in [2.45, 2.75) is 61.6 Å².